The van der Waals surface area contributed by atoms with Gasteiger partial charge in [-0.05, 0) is 24.3 Å². The fraction of sp³-hybridized carbons (Fsp3) is 0.167. The van der Waals surface area contributed by atoms with Crippen LogP contribution in [0.5, 0.6) is 0 Å². The molecule has 0 bridgehead atoms. The van der Waals surface area contributed by atoms with Gasteiger partial charge in [-0.15, -0.1) is 10.2 Å². The number of nitrogens with one attached hydrogen (secondary N) is 1. The van der Waals surface area contributed by atoms with Crippen LogP contribution in [0, 0.1) is 5.82 Å². The van der Waals surface area contributed by atoms with Crippen molar-refractivity contribution in [1.29, 1.82) is 0 Å². The molecule has 0 aliphatic carbocycles. The van der Waals surface area contributed by atoms with Crippen molar-refractivity contribution < 1.29 is 9.18 Å². The number of carbonyl (C=O) groups excluding carboxylic acids is 1. The van der Waals surface area contributed by atoms with Gasteiger partial charge < -0.3 is 10.2 Å². The first-order valence-electron chi connectivity index (χ1n) is 7.97. The van der Waals surface area contributed by atoms with Crippen LogP contribution >= 0.6 is 39.0 Å². The van der Waals surface area contributed by atoms with E-state index in [2.05, 4.69) is 31.4 Å². The Bertz CT molecular complexity index is 937. The van der Waals surface area contributed by atoms with Gasteiger partial charge in [-0.25, -0.2) is 4.39 Å². The molecule has 0 aliphatic heterocycles. The normalized spacial score (nSPS) is 10.6. The Balaban J connectivity index is 1.52. The number of halogens is 2. The number of anilines is 2. The Morgan fingerprint density at radius 2 is 2.07 bits per heavy atom. The van der Waals surface area contributed by atoms with Gasteiger partial charge in [0.2, 0.25) is 11.0 Å². The maximum Gasteiger partial charge on any atom is 0.233 e. The molecule has 1 N–H and O–H groups in total. The lowest BCUT2D eigenvalue weighted by Crippen LogP contribution is -2.28. The number of thioether (sulfide) groups is 1. The molecule has 2 aromatic carbocycles. The minimum Gasteiger partial charge on any atom is -0.341 e. The summed E-state index contributed by atoms with van der Waals surface area (Å²) in [6, 6.07) is 14.2. The topological polar surface area (TPSA) is 58.1 Å². The summed E-state index contributed by atoms with van der Waals surface area (Å²) in [7, 11) is 1.66. The molecule has 0 fully saturated rings. The molecular weight excluding hydrogens is 451 g/mol. The van der Waals surface area contributed by atoms with Gasteiger partial charge in [-0.3, -0.25) is 4.79 Å². The summed E-state index contributed by atoms with van der Waals surface area (Å²) in [5.41, 5.74) is 1.40. The highest BCUT2D eigenvalue weighted by molar-refractivity contribution is 9.10. The predicted molar refractivity (Wildman–Crippen MR) is 111 cm³/mol. The van der Waals surface area contributed by atoms with E-state index < -0.39 is 0 Å². The van der Waals surface area contributed by atoms with E-state index >= 15 is 0 Å². The third kappa shape index (κ3) is 5.75. The van der Waals surface area contributed by atoms with E-state index in [0.29, 0.717) is 15.0 Å². The number of carbonyl (C=O) groups is 1. The zero-order chi connectivity index (χ0) is 19.2. The van der Waals surface area contributed by atoms with Gasteiger partial charge in [-0.2, -0.15) is 0 Å². The second-order valence-corrected chi connectivity index (χ2v) is 8.75. The van der Waals surface area contributed by atoms with Crippen LogP contribution in [0.2, 0.25) is 0 Å². The van der Waals surface area contributed by atoms with Crippen LogP contribution in [0.25, 0.3) is 0 Å². The highest BCUT2D eigenvalue weighted by Gasteiger charge is 2.14. The van der Waals surface area contributed by atoms with Crippen LogP contribution in [-0.4, -0.2) is 33.8 Å². The van der Waals surface area contributed by atoms with E-state index in [1.807, 2.05) is 24.3 Å². The van der Waals surface area contributed by atoms with E-state index in [0.717, 1.165) is 10.2 Å². The molecule has 0 aliphatic rings. The van der Waals surface area contributed by atoms with Gasteiger partial charge >= 0.3 is 0 Å². The van der Waals surface area contributed by atoms with Crippen molar-refractivity contribution >= 4 is 55.8 Å². The average molecular weight is 467 g/mol. The summed E-state index contributed by atoms with van der Waals surface area (Å²) in [6.45, 7) is 0.234. The maximum atomic E-state index is 13.7. The number of benzene rings is 2. The molecule has 27 heavy (non-hydrogen) atoms. The lowest BCUT2D eigenvalue weighted by atomic mass is 10.2. The molecule has 3 rings (SSSR count). The SMILES string of the molecule is CN(Cc1ccccc1F)C(=O)CSc1nnc(Nc2cccc(Br)c2)s1. The Hall–Kier alpha value is -1.97. The van der Waals surface area contributed by atoms with E-state index in [1.165, 1.54) is 34.1 Å². The van der Waals surface area contributed by atoms with Crippen molar-refractivity contribution in [3.8, 4) is 0 Å². The van der Waals surface area contributed by atoms with Gasteiger partial charge in [0.05, 0.1) is 5.75 Å². The first kappa shape index (κ1) is 19.8. The largest absolute Gasteiger partial charge is 0.341 e. The Morgan fingerprint density at radius 1 is 1.26 bits per heavy atom. The number of amides is 1. The highest BCUT2D eigenvalue weighted by Crippen LogP contribution is 2.28. The number of rotatable bonds is 7. The first-order chi connectivity index (χ1) is 13.0. The second-order valence-electron chi connectivity index (χ2n) is 5.64. The quantitative estimate of drug-likeness (QED) is 0.500. The molecule has 0 saturated carbocycles. The highest BCUT2D eigenvalue weighted by atomic mass is 79.9. The van der Waals surface area contributed by atoms with Gasteiger partial charge in [-0.1, -0.05) is 63.3 Å². The zero-order valence-corrected chi connectivity index (χ0v) is 17.6. The molecule has 1 amide bonds. The molecule has 0 unspecified atom stereocenters. The first-order valence-corrected chi connectivity index (χ1v) is 10.6. The monoisotopic (exact) mass is 466 g/mol. The molecule has 3 aromatic rings. The van der Waals surface area contributed by atoms with Crippen LogP contribution in [0.1, 0.15) is 5.56 Å². The maximum absolute atomic E-state index is 13.7. The zero-order valence-electron chi connectivity index (χ0n) is 14.4. The lowest BCUT2D eigenvalue weighted by Gasteiger charge is -2.17. The van der Waals surface area contributed by atoms with Crippen molar-refractivity contribution in [2.24, 2.45) is 0 Å². The van der Waals surface area contributed by atoms with Gasteiger partial charge in [0.15, 0.2) is 4.34 Å². The van der Waals surface area contributed by atoms with E-state index in [9.17, 15) is 9.18 Å². The standard InChI is InChI=1S/C18H16BrFN4OS2/c1-24(10-12-5-2-3-8-15(12)20)16(25)11-26-18-23-22-17(27-18)21-14-7-4-6-13(19)9-14/h2-9H,10-11H2,1H3,(H,21,22). The third-order valence-electron chi connectivity index (χ3n) is 3.59. The molecule has 0 radical (unpaired) electrons. The molecule has 0 spiro atoms. The number of hydrogen-bond acceptors (Lipinski definition) is 6. The Kier molecular flexibility index (Phi) is 6.81. The molecule has 1 aromatic heterocycles. The van der Waals surface area contributed by atoms with Crippen molar-refractivity contribution in [2.75, 3.05) is 18.1 Å². The van der Waals surface area contributed by atoms with E-state index in [4.69, 9.17) is 0 Å². The molecular formula is C18H16BrFN4OS2. The average Bonchev–Trinajstić information content (AvgIpc) is 3.09. The number of nitrogens with zero attached hydrogens (tertiary/aromatic N) is 3. The molecule has 0 atom stereocenters. The summed E-state index contributed by atoms with van der Waals surface area (Å²) >= 11 is 6.11. The van der Waals surface area contributed by atoms with Crippen molar-refractivity contribution in [2.45, 2.75) is 10.9 Å². The summed E-state index contributed by atoms with van der Waals surface area (Å²) in [5, 5.41) is 12.0. The second kappa shape index (κ2) is 9.29. The van der Waals surface area contributed by atoms with Crippen LogP contribution in [0.15, 0.2) is 57.3 Å². The Labute approximate surface area is 173 Å². The van der Waals surface area contributed by atoms with Gasteiger partial charge in [0.25, 0.3) is 0 Å². The van der Waals surface area contributed by atoms with Crippen LogP contribution < -0.4 is 5.32 Å². The number of hydrogen-bond donors (Lipinski definition) is 1. The van der Waals surface area contributed by atoms with Crippen molar-refractivity contribution in [1.82, 2.24) is 15.1 Å². The van der Waals surface area contributed by atoms with Crippen LogP contribution in [-0.2, 0) is 11.3 Å². The molecule has 9 heteroatoms. The minimum atomic E-state index is -0.308. The predicted octanol–water partition coefficient (Wildman–Crippen LogP) is 4.93. The third-order valence-corrected chi connectivity index (χ3v) is 6.04. The summed E-state index contributed by atoms with van der Waals surface area (Å²) in [5.74, 6) is -0.187. The van der Waals surface area contributed by atoms with Gasteiger partial charge in [0, 0.05) is 29.3 Å². The smallest absolute Gasteiger partial charge is 0.233 e. The summed E-state index contributed by atoms with van der Waals surface area (Å²) < 4.78 is 15.4. The van der Waals surface area contributed by atoms with Crippen molar-refractivity contribution in [3.05, 3.63) is 64.4 Å². The fourth-order valence-corrected chi connectivity index (χ4v) is 4.32. The molecule has 1 heterocycles. The van der Waals surface area contributed by atoms with Crippen LogP contribution in [0.4, 0.5) is 15.2 Å². The minimum absolute atomic E-state index is 0.0973. The lowest BCUT2D eigenvalue weighted by molar-refractivity contribution is -0.127. The van der Waals surface area contributed by atoms with Gasteiger partial charge in [0.1, 0.15) is 5.82 Å². The fourth-order valence-electron chi connectivity index (χ4n) is 2.21. The number of aromatic nitrogens is 2. The van der Waals surface area contributed by atoms with Crippen molar-refractivity contribution in [3.63, 3.8) is 0 Å². The molecule has 0 saturated heterocycles. The Morgan fingerprint density at radius 3 is 2.85 bits per heavy atom. The molecule has 5 nitrogen and oxygen atoms in total. The molecule has 140 valence electrons. The summed E-state index contributed by atoms with van der Waals surface area (Å²) in [6.07, 6.45) is 0. The van der Waals surface area contributed by atoms with Crippen LogP contribution in [0.3, 0.4) is 0 Å². The van der Waals surface area contributed by atoms with E-state index in [-0.39, 0.29) is 24.0 Å². The summed E-state index contributed by atoms with van der Waals surface area (Å²) in [4.78, 5) is 13.8. The van der Waals surface area contributed by atoms with E-state index in [1.54, 1.807) is 25.2 Å².